The number of para-hydroxylation sites is 1. The normalized spacial score (nSPS) is 15.1. The number of pyridine rings is 1. The van der Waals surface area contributed by atoms with Gasteiger partial charge in [0, 0.05) is 37.2 Å². The van der Waals surface area contributed by atoms with Gasteiger partial charge in [0.15, 0.2) is 0 Å². The van der Waals surface area contributed by atoms with Gasteiger partial charge in [0.05, 0.1) is 24.3 Å². The molecule has 188 valence electrons. The molecule has 0 saturated carbocycles. The molecule has 1 saturated heterocycles. The molecule has 4 aromatic rings. The van der Waals surface area contributed by atoms with E-state index in [4.69, 9.17) is 4.74 Å². The number of hydrogen-bond acceptors (Lipinski definition) is 5. The molecular weight excluding hydrogens is 471 g/mol. The molecule has 7 nitrogen and oxygen atoms in total. The Labute approximate surface area is 214 Å². The molecule has 5 rings (SSSR count). The Morgan fingerprint density at radius 1 is 1.08 bits per heavy atom. The Kier molecular flexibility index (Phi) is 7.09. The Hall–Kier alpha value is -4.30. The first-order valence-electron chi connectivity index (χ1n) is 12.1. The second-order valence-electron chi connectivity index (χ2n) is 9.01. The summed E-state index contributed by atoms with van der Waals surface area (Å²) in [5.74, 6) is -0.625. The van der Waals surface area contributed by atoms with Crippen molar-refractivity contribution in [2.45, 2.75) is 26.1 Å². The van der Waals surface area contributed by atoms with Crippen molar-refractivity contribution in [2.75, 3.05) is 18.0 Å². The summed E-state index contributed by atoms with van der Waals surface area (Å²) < 4.78 is 20.3. The van der Waals surface area contributed by atoms with Gasteiger partial charge in [0.1, 0.15) is 11.9 Å². The van der Waals surface area contributed by atoms with Gasteiger partial charge in [-0.15, -0.1) is 0 Å². The molecule has 1 aromatic heterocycles. The van der Waals surface area contributed by atoms with E-state index in [2.05, 4.69) is 21.7 Å². The number of rotatable bonds is 8. The highest BCUT2D eigenvalue weighted by atomic mass is 19.1. The molecule has 1 unspecified atom stereocenters. The Bertz CT molecular complexity index is 1440. The van der Waals surface area contributed by atoms with E-state index in [-0.39, 0.29) is 19.0 Å². The third-order valence-corrected chi connectivity index (χ3v) is 6.37. The zero-order valence-corrected chi connectivity index (χ0v) is 20.4. The number of benzene rings is 3. The van der Waals surface area contributed by atoms with Crippen LogP contribution in [0.15, 0.2) is 79.0 Å². The number of aromatic nitrogens is 1. The standard InChI is InChI=1S/C29H27FN4O3/c1-19(35)33-17-24-18-34(29(36)37-24)23-10-11-25(27(30)14-23)21-8-6-20(7-9-21)15-31-16-22-12-13-32-28-5-3-2-4-26(22)28/h2-14,24,31H,15-18H2,1H3,(H,33,35). The van der Waals surface area contributed by atoms with Gasteiger partial charge in [-0.25, -0.2) is 9.18 Å². The van der Waals surface area contributed by atoms with Crippen LogP contribution in [0.3, 0.4) is 0 Å². The first-order chi connectivity index (χ1) is 18.0. The second kappa shape index (κ2) is 10.8. The molecule has 1 fully saturated rings. The molecule has 2 heterocycles. The molecule has 37 heavy (non-hydrogen) atoms. The molecule has 0 radical (unpaired) electrons. The van der Waals surface area contributed by atoms with Crippen molar-refractivity contribution in [3.8, 4) is 11.1 Å². The molecule has 1 atom stereocenters. The van der Waals surface area contributed by atoms with Crippen LogP contribution >= 0.6 is 0 Å². The van der Waals surface area contributed by atoms with Crippen molar-refractivity contribution < 1.29 is 18.7 Å². The van der Waals surface area contributed by atoms with Crippen LogP contribution in [0, 0.1) is 5.82 Å². The third-order valence-electron chi connectivity index (χ3n) is 6.37. The fourth-order valence-corrected chi connectivity index (χ4v) is 4.46. The largest absolute Gasteiger partial charge is 0.442 e. The van der Waals surface area contributed by atoms with Gasteiger partial charge >= 0.3 is 6.09 Å². The molecule has 2 N–H and O–H groups in total. The predicted octanol–water partition coefficient (Wildman–Crippen LogP) is 4.79. The van der Waals surface area contributed by atoms with Crippen LogP contribution in [-0.4, -0.2) is 36.2 Å². The zero-order valence-electron chi connectivity index (χ0n) is 20.4. The van der Waals surface area contributed by atoms with Gasteiger partial charge in [-0.3, -0.25) is 14.7 Å². The quantitative estimate of drug-likeness (QED) is 0.365. The number of amides is 2. The van der Waals surface area contributed by atoms with E-state index in [1.807, 2.05) is 54.7 Å². The van der Waals surface area contributed by atoms with Gasteiger partial charge in [0.2, 0.25) is 5.91 Å². The van der Waals surface area contributed by atoms with Crippen LogP contribution in [0.25, 0.3) is 22.0 Å². The topological polar surface area (TPSA) is 83.6 Å². The van der Waals surface area contributed by atoms with Crippen molar-refractivity contribution in [1.29, 1.82) is 0 Å². The molecule has 3 aromatic carbocycles. The summed E-state index contributed by atoms with van der Waals surface area (Å²) >= 11 is 0. The van der Waals surface area contributed by atoms with E-state index in [1.54, 1.807) is 12.1 Å². The molecular formula is C29H27FN4O3. The summed E-state index contributed by atoms with van der Waals surface area (Å²) in [6.07, 6.45) is 0.793. The lowest BCUT2D eigenvalue weighted by Gasteiger charge is -2.15. The Morgan fingerprint density at radius 2 is 1.89 bits per heavy atom. The number of nitrogens with zero attached hydrogens (tertiary/aromatic N) is 2. The minimum absolute atomic E-state index is 0.200. The number of carbonyl (C=O) groups is 2. The maximum Gasteiger partial charge on any atom is 0.414 e. The van der Waals surface area contributed by atoms with Crippen molar-refractivity contribution in [1.82, 2.24) is 15.6 Å². The molecule has 0 bridgehead atoms. The minimum atomic E-state index is -0.556. The van der Waals surface area contributed by atoms with Gasteiger partial charge in [-0.2, -0.15) is 0 Å². The van der Waals surface area contributed by atoms with Crippen LogP contribution < -0.4 is 15.5 Å². The molecule has 0 spiro atoms. The van der Waals surface area contributed by atoms with Crippen LogP contribution in [0.1, 0.15) is 18.1 Å². The fraction of sp³-hybridized carbons (Fsp3) is 0.207. The lowest BCUT2D eigenvalue weighted by atomic mass is 10.0. The molecule has 8 heteroatoms. The monoisotopic (exact) mass is 498 g/mol. The molecule has 0 aliphatic carbocycles. The van der Waals surface area contributed by atoms with Crippen LogP contribution in [0.5, 0.6) is 0 Å². The second-order valence-corrected chi connectivity index (χ2v) is 9.01. The van der Waals surface area contributed by atoms with Gasteiger partial charge < -0.3 is 15.4 Å². The number of carbonyl (C=O) groups excluding carboxylic acids is 2. The van der Waals surface area contributed by atoms with E-state index >= 15 is 4.39 Å². The minimum Gasteiger partial charge on any atom is -0.442 e. The average molecular weight is 499 g/mol. The lowest BCUT2D eigenvalue weighted by Crippen LogP contribution is -2.33. The first-order valence-corrected chi connectivity index (χ1v) is 12.1. The molecule has 1 aliphatic rings. The van der Waals surface area contributed by atoms with E-state index < -0.39 is 18.0 Å². The van der Waals surface area contributed by atoms with E-state index in [0.717, 1.165) is 22.0 Å². The number of nitrogens with one attached hydrogen (secondary N) is 2. The number of halogens is 1. The summed E-state index contributed by atoms with van der Waals surface area (Å²) in [6, 6.07) is 22.5. The first kappa shape index (κ1) is 24.4. The van der Waals surface area contributed by atoms with Gasteiger partial charge in [-0.1, -0.05) is 42.5 Å². The predicted molar refractivity (Wildman–Crippen MR) is 140 cm³/mol. The van der Waals surface area contributed by atoms with Crippen LogP contribution in [0.2, 0.25) is 0 Å². The maximum atomic E-state index is 15.0. The number of fused-ring (bicyclic) bond motifs is 1. The maximum absolute atomic E-state index is 15.0. The van der Waals surface area contributed by atoms with E-state index in [1.165, 1.54) is 23.5 Å². The zero-order chi connectivity index (χ0) is 25.8. The fourth-order valence-electron chi connectivity index (χ4n) is 4.46. The molecule has 1 aliphatic heterocycles. The smallest absolute Gasteiger partial charge is 0.414 e. The molecule has 2 amide bonds. The van der Waals surface area contributed by atoms with Gasteiger partial charge in [-0.05, 0) is 47.0 Å². The average Bonchev–Trinajstić information content (AvgIpc) is 3.28. The SMILES string of the molecule is CC(=O)NCC1CN(c2ccc(-c3ccc(CNCc4ccnc5ccccc45)cc3)c(F)c2)C(=O)O1. The Balaban J connectivity index is 1.21. The lowest BCUT2D eigenvalue weighted by molar-refractivity contribution is -0.119. The number of ether oxygens (including phenoxy) is 1. The van der Waals surface area contributed by atoms with Crippen molar-refractivity contribution >= 4 is 28.6 Å². The number of hydrogen-bond donors (Lipinski definition) is 2. The highest BCUT2D eigenvalue weighted by Crippen LogP contribution is 2.29. The third kappa shape index (κ3) is 5.59. The summed E-state index contributed by atoms with van der Waals surface area (Å²) in [7, 11) is 0. The summed E-state index contributed by atoms with van der Waals surface area (Å²) in [4.78, 5) is 29.1. The number of anilines is 1. The van der Waals surface area contributed by atoms with Gasteiger partial charge in [0.25, 0.3) is 0 Å². The van der Waals surface area contributed by atoms with Crippen LogP contribution in [0.4, 0.5) is 14.9 Å². The summed E-state index contributed by atoms with van der Waals surface area (Å²) in [5, 5.41) is 7.23. The van der Waals surface area contributed by atoms with Crippen molar-refractivity contribution in [2.24, 2.45) is 0 Å². The van der Waals surface area contributed by atoms with E-state index in [0.29, 0.717) is 24.3 Å². The Morgan fingerprint density at radius 3 is 2.68 bits per heavy atom. The summed E-state index contributed by atoms with van der Waals surface area (Å²) in [6.45, 7) is 3.25. The summed E-state index contributed by atoms with van der Waals surface area (Å²) in [5.41, 5.74) is 4.87. The van der Waals surface area contributed by atoms with Crippen molar-refractivity contribution in [3.05, 3.63) is 95.9 Å². The highest BCUT2D eigenvalue weighted by molar-refractivity contribution is 5.90. The van der Waals surface area contributed by atoms with E-state index in [9.17, 15) is 9.59 Å². The highest BCUT2D eigenvalue weighted by Gasteiger charge is 2.32. The van der Waals surface area contributed by atoms with Crippen LogP contribution in [-0.2, 0) is 22.6 Å². The van der Waals surface area contributed by atoms with Crippen molar-refractivity contribution in [3.63, 3.8) is 0 Å². The number of cyclic esters (lactones) is 1.